The topological polar surface area (TPSA) is 69.4 Å². The fraction of sp³-hybridized carbons (Fsp3) is 0.538. The second-order valence-corrected chi connectivity index (χ2v) is 6.36. The lowest BCUT2D eigenvalue weighted by Gasteiger charge is -2.17. The Morgan fingerprint density at radius 2 is 2.11 bits per heavy atom. The van der Waals surface area contributed by atoms with Crippen LogP contribution in [-0.4, -0.2) is 20.8 Å². The van der Waals surface area contributed by atoms with Crippen LogP contribution in [0.1, 0.15) is 25.3 Å². The second kappa shape index (κ2) is 6.86. The van der Waals surface area contributed by atoms with Crippen molar-refractivity contribution in [3.8, 4) is 5.75 Å². The van der Waals surface area contributed by atoms with Crippen LogP contribution in [0.15, 0.2) is 18.2 Å². The van der Waals surface area contributed by atoms with E-state index in [1.54, 1.807) is 6.07 Å². The third kappa shape index (κ3) is 6.02. The Balaban J connectivity index is 2.68. The zero-order chi connectivity index (χ0) is 14.5. The molecule has 0 amide bonds. The molecule has 1 aromatic rings. The van der Waals surface area contributed by atoms with Gasteiger partial charge in [0.2, 0.25) is 10.0 Å². The highest BCUT2D eigenvalue weighted by atomic mass is 32.2. The molecule has 2 N–H and O–H groups in total. The highest BCUT2D eigenvalue weighted by molar-refractivity contribution is 7.89. The molecule has 0 aromatic heterocycles. The van der Waals surface area contributed by atoms with E-state index in [0.29, 0.717) is 12.2 Å². The van der Waals surface area contributed by atoms with Crippen LogP contribution in [0.4, 0.5) is 4.39 Å². The number of hydrogen-bond donors (Lipinski definition) is 1. The molecule has 0 saturated heterocycles. The van der Waals surface area contributed by atoms with Crippen LogP contribution in [0.3, 0.4) is 0 Å². The van der Waals surface area contributed by atoms with Crippen LogP contribution in [0.25, 0.3) is 0 Å². The van der Waals surface area contributed by atoms with Gasteiger partial charge in [-0.3, -0.25) is 0 Å². The fourth-order valence-electron chi connectivity index (χ4n) is 1.89. The summed E-state index contributed by atoms with van der Waals surface area (Å²) in [4.78, 5) is 0. The minimum Gasteiger partial charge on any atom is -0.493 e. The summed E-state index contributed by atoms with van der Waals surface area (Å²) in [5, 5.41) is 5.05. The Hall–Kier alpha value is -1.14. The molecule has 0 aliphatic heterocycles. The van der Waals surface area contributed by atoms with Crippen molar-refractivity contribution in [3.63, 3.8) is 0 Å². The Kier molecular flexibility index (Phi) is 5.75. The van der Waals surface area contributed by atoms with Crippen molar-refractivity contribution in [2.24, 2.45) is 11.1 Å². The van der Waals surface area contributed by atoms with E-state index in [9.17, 15) is 12.8 Å². The normalized spacial score (nSPS) is 13.3. The van der Waals surface area contributed by atoms with Gasteiger partial charge in [-0.15, -0.1) is 0 Å². The van der Waals surface area contributed by atoms with Crippen molar-refractivity contribution in [1.29, 1.82) is 0 Å². The van der Waals surface area contributed by atoms with Crippen molar-refractivity contribution < 1.29 is 17.5 Å². The molecule has 4 nitrogen and oxygen atoms in total. The van der Waals surface area contributed by atoms with Gasteiger partial charge in [0.1, 0.15) is 11.6 Å². The quantitative estimate of drug-likeness (QED) is 0.836. The summed E-state index contributed by atoms with van der Waals surface area (Å²) >= 11 is 0. The summed E-state index contributed by atoms with van der Waals surface area (Å²) in [5.41, 5.74) is 0.812. The first kappa shape index (κ1) is 15.9. The fourth-order valence-corrected chi connectivity index (χ4v) is 2.81. The minimum atomic E-state index is -3.52. The van der Waals surface area contributed by atoms with E-state index in [-0.39, 0.29) is 24.1 Å². The summed E-state index contributed by atoms with van der Waals surface area (Å²) in [6.45, 7) is 3.99. The third-order valence-electron chi connectivity index (χ3n) is 2.79. The molecule has 0 aliphatic carbocycles. The van der Waals surface area contributed by atoms with Crippen molar-refractivity contribution in [3.05, 3.63) is 29.6 Å². The molecule has 108 valence electrons. The maximum absolute atomic E-state index is 13.1. The molecule has 6 heteroatoms. The summed E-state index contributed by atoms with van der Waals surface area (Å²) in [7, 11) is -3.52. The van der Waals surface area contributed by atoms with Gasteiger partial charge in [0.15, 0.2) is 0 Å². The van der Waals surface area contributed by atoms with E-state index in [2.05, 4.69) is 0 Å². The van der Waals surface area contributed by atoms with Crippen LogP contribution in [0.2, 0.25) is 0 Å². The van der Waals surface area contributed by atoms with Gasteiger partial charge in [0.25, 0.3) is 0 Å². The van der Waals surface area contributed by atoms with Gasteiger partial charge in [-0.05, 0) is 25.0 Å². The van der Waals surface area contributed by atoms with Crippen LogP contribution >= 0.6 is 0 Å². The van der Waals surface area contributed by atoms with Gasteiger partial charge in [0, 0.05) is 12.0 Å². The maximum atomic E-state index is 13.1. The van der Waals surface area contributed by atoms with E-state index in [4.69, 9.17) is 9.88 Å². The van der Waals surface area contributed by atoms with Crippen molar-refractivity contribution in [1.82, 2.24) is 0 Å². The second-order valence-electron chi connectivity index (χ2n) is 4.71. The molecule has 1 rings (SSSR count). The Bertz CT molecular complexity index is 517. The van der Waals surface area contributed by atoms with E-state index in [1.165, 1.54) is 12.1 Å². The Labute approximate surface area is 113 Å². The number of aryl methyl sites for hydroxylation is 1. The lowest BCUT2D eigenvalue weighted by molar-refractivity contribution is 0.250. The molecule has 19 heavy (non-hydrogen) atoms. The summed E-state index contributed by atoms with van der Waals surface area (Å²) in [6.07, 6.45) is 1.54. The zero-order valence-electron chi connectivity index (χ0n) is 11.2. The standard InChI is InChI=1S/C13H20FNO3S/c1-3-4-11(9-19(15,16)17)8-18-13-7-12(14)6-5-10(13)2/h5-7,11H,3-4,8-9H2,1-2H3,(H2,15,16,17). The van der Waals surface area contributed by atoms with Crippen LogP contribution in [0.5, 0.6) is 5.75 Å². The smallest absolute Gasteiger partial charge is 0.209 e. The molecule has 0 spiro atoms. The van der Waals surface area contributed by atoms with Gasteiger partial charge < -0.3 is 4.74 Å². The van der Waals surface area contributed by atoms with E-state index >= 15 is 0 Å². The highest BCUT2D eigenvalue weighted by Gasteiger charge is 2.16. The van der Waals surface area contributed by atoms with Gasteiger partial charge >= 0.3 is 0 Å². The molecule has 1 aromatic carbocycles. The number of ether oxygens (including phenoxy) is 1. The van der Waals surface area contributed by atoms with E-state index in [0.717, 1.165) is 12.0 Å². The van der Waals surface area contributed by atoms with Crippen LogP contribution < -0.4 is 9.88 Å². The molecular formula is C13H20FNO3S. The molecule has 0 fully saturated rings. The first-order valence-electron chi connectivity index (χ1n) is 6.21. The first-order chi connectivity index (χ1) is 8.81. The van der Waals surface area contributed by atoms with Crippen LogP contribution in [-0.2, 0) is 10.0 Å². The van der Waals surface area contributed by atoms with E-state index in [1.807, 2.05) is 13.8 Å². The third-order valence-corrected chi connectivity index (χ3v) is 3.73. The molecule has 0 saturated carbocycles. The van der Waals surface area contributed by atoms with Gasteiger partial charge in [0.05, 0.1) is 12.4 Å². The maximum Gasteiger partial charge on any atom is 0.209 e. The number of halogens is 1. The van der Waals surface area contributed by atoms with Crippen molar-refractivity contribution >= 4 is 10.0 Å². The summed E-state index contributed by atoms with van der Waals surface area (Å²) in [5.74, 6) is -0.230. The number of primary sulfonamides is 1. The molecule has 1 atom stereocenters. The van der Waals surface area contributed by atoms with Crippen molar-refractivity contribution in [2.45, 2.75) is 26.7 Å². The van der Waals surface area contributed by atoms with Crippen LogP contribution in [0, 0.1) is 18.7 Å². The average molecular weight is 289 g/mol. The molecule has 0 bridgehead atoms. The average Bonchev–Trinajstić information content (AvgIpc) is 2.28. The molecule has 0 radical (unpaired) electrons. The zero-order valence-corrected chi connectivity index (χ0v) is 12.0. The number of hydrogen-bond acceptors (Lipinski definition) is 3. The number of benzene rings is 1. The number of rotatable bonds is 7. The Morgan fingerprint density at radius 1 is 1.42 bits per heavy atom. The molecular weight excluding hydrogens is 269 g/mol. The van der Waals surface area contributed by atoms with Gasteiger partial charge in [-0.1, -0.05) is 19.4 Å². The Morgan fingerprint density at radius 3 is 2.68 bits per heavy atom. The predicted octanol–water partition coefficient (Wildman–Crippen LogP) is 2.22. The largest absolute Gasteiger partial charge is 0.493 e. The SMILES string of the molecule is CCCC(COc1cc(F)ccc1C)CS(N)(=O)=O. The number of sulfonamides is 1. The van der Waals surface area contributed by atoms with E-state index < -0.39 is 10.0 Å². The predicted molar refractivity (Wildman–Crippen MR) is 73.0 cm³/mol. The van der Waals surface area contributed by atoms with Crippen molar-refractivity contribution in [2.75, 3.05) is 12.4 Å². The van der Waals surface area contributed by atoms with Gasteiger partial charge in [-0.25, -0.2) is 17.9 Å². The van der Waals surface area contributed by atoms with Gasteiger partial charge in [-0.2, -0.15) is 0 Å². The molecule has 1 unspecified atom stereocenters. The first-order valence-corrected chi connectivity index (χ1v) is 7.92. The highest BCUT2D eigenvalue weighted by Crippen LogP contribution is 2.20. The minimum absolute atomic E-state index is 0.116. The number of nitrogens with two attached hydrogens (primary N) is 1. The monoisotopic (exact) mass is 289 g/mol. The molecule has 0 heterocycles. The summed E-state index contributed by atoms with van der Waals surface area (Å²) in [6, 6.07) is 4.28. The molecule has 0 aliphatic rings. The lowest BCUT2D eigenvalue weighted by atomic mass is 10.1. The summed E-state index contributed by atoms with van der Waals surface area (Å²) < 4.78 is 40.8. The lowest BCUT2D eigenvalue weighted by Crippen LogP contribution is -2.27.